The molecule has 0 atom stereocenters. The third kappa shape index (κ3) is 3.40. The minimum Gasteiger partial charge on any atom is -0.359 e. The first kappa shape index (κ1) is 12.3. The number of halogens is 1. The lowest BCUT2D eigenvalue weighted by molar-refractivity contribution is 0.610. The molecule has 0 aliphatic heterocycles. The maximum atomic E-state index is 13.2. The molecule has 1 heterocycles. The Labute approximate surface area is 102 Å². The van der Waals surface area contributed by atoms with E-state index in [2.05, 4.69) is 22.1 Å². The predicted octanol–water partition coefficient (Wildman–Crippen LogP) is 2.32. The number of anilines is 1. The van der Waals surface area contributed by atoms with Gasteiger partial charge in [-0.2, -0.15) is 0 Å². The second-order valence-corrected chi connectivity index (χ2v) is 4.71. The summed E-state index contributed by atoms with van der Waals surface area (Å²) >= 11 is 0. The van der Waals surface area contributed by atoms with E-state index in [0.29, 0.717) is 12.6 Å². The Morgan fingerprint density at radius 1 is 1.53 bits per heavy atom. The lowest BCUT2D eigenvalue weighted by Crippen LogP contribution is -2.23. The molecule has 0 amide bonds. The van der Waals surface area contributed by atoms with Crippen LogP contribution in [-0.4, -0.2) is 24.6 Å². The molecule has 0 spiro atoms. The van der Waals surface area contributed by atoms with E-state index in [-0.39, 0.29) is 5.82 Å². The molecule has 3 nitrogen and oxygen atoms in total. The molecule has 0 aromatic carbocycles. The molecule has 1 aliphatic rings. The van der Waals surface area contributed by atoms with Crippen LogP contribution >= 0.6 is 0 Å². The Morgan fingerprint density at radius 3 is 2.94 bits per heavy atom. The van der Waals surface area contributed by atoms with Crippen LogP contribution in [0.2, 0.25) is 0 Å². The van der Waals surface area contributed by atoms with Gasteiger partial charge in [0.05, 0.1) is 6.20 Å². The van der Waals surface area contributed by atoms with Crippen molar-refractivity contribution in [1.29, 1.82) is 0 Å². The predicted molar refractivity (Wildman–Crippen MR) is 67.6 cm³/mol. The Kier molecular flexibility index (Phi) is 3.94. The van der Waals surface area contributed by atoms with Crippen LogP contribution in [0.25, 0.3) is 0 Å². The number of nitrogens with one attached hydrogen (secondary N) is 1. The summed E-state index contributed by atoms with van der Waals surface area (Å²) in [6.45, 7) is 3.77. The lowest BCUT2D eigenvalue weighted by atomic mass is 10.2. The monoisotopic (exact) mass is 237 g/mol. The summed E-state index contributed by atoms with van der Waals surface area (Å²) in [6, 6.07) is 2.21. The van der Waals surface area contributed by atoms with Gasteiger partial charge in [-0.3, -0.25) is 0 Å². The maximum Gasteiger partial charge on any atom is 0.141 e. The first-order chi connectivity index (χ1) is 8.20. The topological polar surface area (TPSA) is 28.2 Å². The molecule has 4 heteroatoms. The van der Waals surface area contributed by atoms with E-state index in [1.165, 1.54) is 19.0 Å². The van der Waals surface area contributed by atoms with Crippen molar-refractivity contribution in [3.63, 3.8) is 0 Å². The van der Waals surface area contributed by atoms with E-state index in [0.717, 1.165) is 24.3 Å². The van der Waals surface area contributed by atoms with Gasteiger partial charge in [0.15, 0.2) is 0 Å². The van der Waals surface area contributed by atoms with Crippen molar-refractivity contribution in [2.24, 2.45) is 0 Å². The zero-order valence-electron chi connectivity index (χ0n) is 10.5. The molecular formula is C13H20FN3. The van der Waals surface area contributed by atoms with E-state index >= 15 is 0 Å². The van der Waals surface area contributed by atoms with Crippen LogP contribution in [0, 0.1) is 5.82 Å². The smallest absolute Gasteiger partial charge is 0.141 e. The molecule has 0 saturated heterocycles. The standard InChI is InChI=1S/C13H20FN3/c1-3-6-17(2)13-10(7-11(14)9-16-13)8-15-12-4-5-12/h7,9,12,15H,3-6,8H2,1-2H3. The maximum absolute atomic E-state index is 13.2. The van der Waals surface area contributed by atoms with Gasteiger partial charge in [0.25, 0.3) is 0 Å². The summed E-state index contributed by atoms with van der Waals surface area (Å²) in [7, 11) is 2.00. The molecule has 17 heavy (non-hydrogen) atoms. The molecule has 0 unspecified atom stereocenters. The number of pyridine rings is 1. The number of hydrogen-bond acceptors (Lipinski definition) is 3. The Morgan fingerprint density at radius 2 is 2.29 bits per heavy atom. The molecule has 2 rings (SSSR count). The minimum absolute atomic E-state index is 0.258. The highest BCUT2D eigenvalue weighted by atomic mass is 19.1. The molecule has 94 valence electrons. The van der Waals surface area contributed by atoms with Crippen molar-refractivity contribution in [3.8, 4) is 0 Å². The number of rotatable bonds is 6. The molecule has 1 N–H and O–H groups in total. The summed E-state index contributed by atoms with van der Waals surface area (Å²) in [5.41, 5.74) is 0.952. The van der Waals surface area contributed by atoms with Crippen molar-refractivity contribution in [1.82, 2.24) is 10.3 Å². The fourth-order valence-electron chi connectivity index (χ4n) is 1.93. The Hall–Kier alpha value is -1.16. The van der Waals surface area contributed by atoms with Crippen LogP contribution in [0.5, 0.6) is 0 Å². The summed E-state index contributed by atoms with van der Waals surface area (Å²) in [6.07, 6.45) is 4.83. The largest absolute Gasteiger partial charge is 0.359 e. The van der Waals surface area contributed by atoms with Crippen LogP contribution < -0.4 is 10.2 Å². The number of nitrogens with zero attached hydrogens (tertiary/aromatic N) is 2. The van der Waals surface area contributed by atoms with Crippen LogP contribution in [-0.2, 0) is 6.54 Å². The average Bonchev–Trinajstić information content (AvgIpc) is 3.10. The van der Waals surface area contributed by atoms with Crippen LogP contribution in [0.1, 0.15) is 31.7 Å². The van der Waals surface area contributed by atoms with Gasteiger partial charge in [0, 0.05) is 31.7 Å². The third-order valence-electron chi connectivity index (χ3n) is 2.99. The minimum atomic E-state index is -0.258. The SMILES string of the molecule is CCCN(C)c1ncc(F)cc1CNC1CC1. The fourth-order valence-corrected chi connectivity index (χ4v) is 1.93. The highest BCUT2D eigenvalue weighted by Gasteiger charge is 2.21. The Bertz CT molecular complexity index is 377. The second kappa shape index (κ2) is 5.45. The van der Waals surface area contributed by atoms with Gasteiger partial charge in [0.1, 0.15) is 11.6 Å². The lowest BCUT2D eigenvalue weighted by Gasteiger charge is -2.20. The molecule has 1 aromatic rings. The highest BCUT2D eigenvalue weighted by Crippen LogP contribution is 2.22. The molecule has 0 bridgehead atoms. The number of aromatic nitrogens is 1. The van der Waals surface area contributed by atoms with Gasteiger partial charge < -0.3 is 10.2 Å². The first-order valence-corrected chi connectivity index (χ1v) is 6.29. The van der Waals surface area contributed by atoms with E-state index in [4.69, 9.17) is 0 Å². The quantitative estimate of drug-likeness (QED) is 0.823. The highest BCUT2D eigenvalue weighted by molar-refractivity contribution is 5.46. The normalized spacial score (nSPS) is 15.0. The molecule has 0 radical (unpaired) electrons. The van der Waals surface area contributed by atoms with Gasteiger partial charge in [-0.25, -0.2) is 9.37 Å². The first-order valence-electron chi connectivity index (χ1n) is 6.29. The van der Waals surface area contributed by atoms with Crippen molar-refractivity contribution in [2.75, 3.05) is 18.5 Å². The van der Waals surface area contributed by atoms with Gasteiger partial charge in [0.2, 0.25) is 0 Å². The molecule has 1 saturated carbocycles. The summed E-state index contributed by atoms with van der Waals surface area (Å²) in [4.78, 5) is 6.29. The molecule has 1 aromatic heterocycles. The van der Waals surface area contributed by atoms with Crippen LogP contribution in [0.3, 0.4) is 0 Å². The van der Waals surface area contributed by atoms with Gasteiger partial charge in [-0.05, 0) is 25.3 Å². The average molecular weight is 237 g/mol. The summed E-state index contributed by atoms with van der Waals surface area (Å²) < 4.78 is 13.2. The van der Waals surface area contributed by atoms with Crippen molar-refractivity contribution in [3.05, 3.63) is 23.6 Å². The summed E-state index contributed by atoms with van der Waals surface area (Å²) in [5.74, 6) is 0.632. The van der Waals surface area contributed by atoms with Crippen molar-refractivity contribution >= 4 is 5.82 Å². The van der Waals surface area contributed by atoms with E-state index in [1.807, 2.05) is 7.05 Å². The van der Waals surface area contributed by atoms with E-state index < -0.39 is 0 Å². The number of hydrogen-bond donors (Lipinski definition) is 1. The second-order valence-electron chi connectivity index (χ2n) is 4.71. The molecular weight excluding hydrogens is 217 g/mol. The fraction of sp³-hybridized carbons (Fsp3) is 0.615. The Balaban J connectivity index is 2.10. The summed E-state index contributed by atoms with van der Waals surface area (Å²) in [5, 5.41) is 3.40. The van der Waals surface area contributed by atoms with Crippen LogP contribution in [0.4, 0.5) is 10.2 Å². The third-order valence-corrected chi connectivity index (χ3v) is 2.99. The van der Waals surface area contributed by atoms with Gasteiger partial charge in [-0.1, -0.05) is 6.92 Å². The van der Waals surface area contributed by atoms with E-state index in [1.54, 1.807) is 6.07 Å². The van der Waals surface area contributed by atoms with Crippen molar-refractivity contribution in [2.45, 2.75) is 38.8 Å². The molecule has 1 fully saturated rings. The zero-order valence-corrected chi connectivity index (χ0v) is 10.5. The molecule has 1 aliphatic carbocycles. The van der Waals surface area contributed by atoms with Crippen molar-refractivity contribution < 1.29 is 4.39 Å². The van der Waals surface area contributed by atoms with Gasteiger partial charge >= 0.3 is 0 Å². The van der Waals surface area contributed by atoms with Crippen LogP contribution in [0.15, 0.2) is 12.3 Å². The zero-order chi connectivity index (χ0) is 12.3. The van der Waals surface area contributed by atoms with Gasteiger partial charge in [-0.15, -0.1) is 0 Å². The van der Waals surface area contributed by atoms with E-state index in [9.17, 15) is 4.39 Å².